The van der Waals surface area contributed by atoms with E-state index >= 15 is 0 Å². The van der Waals surface area contributed by atoms with Crippen molar-refractivity contribution in [1.29, 1.82) is 0 Å². The minimum Gasteiger partial charge on any atom is -0.305 e. The molecule has 0 saturated heterocycles. The van der Waals surface area contributed by atoms with Gasteiger partial charge in [-0.25, -0.2) is 0 Å². The molecule has 0 unspecified atom stereocenters. The summed E-state index contributed by atoms with van der Waals surface area (Å²) >= 11 is 0. The van der Waals surface area contributed by atoms with Gasteiger partial charge in [0, 0.05) is 31.9 Å². The van der Waals surface area contributed by atoms with Gasteiger partial charge < -0.3 is 4.98 Å². The van der Waals surface area contributed by atoms with Crippen LogP contribution >= 0.6 is 0 Å². The average Bonchev–Trinajstić information content (AvgIpc) is 2.29. The molecule has 2 aromatic rings. The van der Waals surface area contributed by atoms with Crippen molar-refractivity contribution in [2.24, 2.45) is 0 Å². The summed E-state index contributed by atoms with van der Waals surface area (Å²) in [5.41, 5.74) is 0.124. The summed E-state index contributed by atoms with van der Waals surface area (Å²) in [6.07, 6.45) is -3.19. The first-order valence-electron chi connectivity index (χ1n) is 4.58. The summed E-state index contributed by atoms with van der Waals surface area (Å²) in [5.74, 6) is 0. The van der Waals surface area contributed by atoms with Gasteiger partial charge in [-0.1, -0.05) is 6.07 Å². The summed E-state index contributed by atoms with van der Waals surface area (Å²) in [6.45, 7) is 0. The van der Waals surface area contributed by atoms with E-state index in [0.717, 1.165) is 18.3 Å². The predicted octanol–water partition coefficient (Wildman–Crippen LogP) is 3.57. The Morgan fingerprint density at radius 1 is 1.12 bits per heavy atom. The number of pyridine rings is 1. The van der Waals surface area contributed by atoms with E-state index < -0.39 is 11.7 Å². The number of aromatic nitrogens is 1. The summed E-state index contributed by atoms with van der Waals surface area (Å²) in [5, 5.41) is 0. The van der Waals surface area contributed by atoms with Crippen molar-refractivity contribution in [3.8, 4) is 11.3 Å². The molecule has 1 aromatic carbocycles. The second-order valence-corrected chi connectivity index (χ2v) is 3.20. The van der Waals surface area contributed by atoms with E-state index in [1.165, 1.54) is 0 Å². The second-order valence-electron chi connectivity index (χ2n) is 3.20. The SMILES string of the molecule is FC(F)(F)c1ccnc(-c2[c-]cccc2)c1.[Ir]. The number of hydrogen-bond donors (Lipinski definition) is 0. The van der Waals surface area contributed by atoms with Gasteiger partial charge in [-0.3, -0.25) is 0 Å². The van der Waals surface area contributed by atoms with Crippen molar-refractivity contribution in [1.82, 2.24) is 4.98 Å². The molecule has 0 amide bonds. The Bertz CT molecular complexity index is 483. The first-order chi connectivity index (χ1) is 7.57. The van der Waals surface area contributed by atoms with Crippen LogP contribution in [0, 0.1) is 6.07 Å². The minimum atomic E-state index is -4.34. The third-order valence-electron chi connectivity index (χ3n) is 2.07. The van der Waals surface area contributed by atoms with Gasteiger partial charge in [0.15, 0.2) is 0 Å². The second kappa shape index (κ2) is 5.43. The van der Waals surface area contributed by atoms with Crippen LogP contribution in [0.5, 0.6) is 0 Å². The first-order valence-corrected chi connectivity index (χ1v) is 4.58. The summed E-state index contributed by atoms with van der Waals surface area (Å²) in [7, 11) is 0. The quantitative estimate of drug-likeness (QED) is 0.651. The van der Waals surface area contributed by atoms with E-state index in [0.29, 0.717) is 5.56 Å². The molecule has 0 fully saturated rings. The number of hydrogen-bond acceptors (Lipinski definition) is 1. The molecule has 2 rings (SSSR count). The van der Waals surface area contributed by atoms with E-state index in [2.05, 4.69) is 11.1 Å². The van der Waals surface area contributed by atoms with Crippen LogP contribution in [-0.2, 0) is 26.3 Å². The van der Waals surface area contributed by atoms with Crippen LogP contribution in [0.4, 0.5) is 13.2 Å². The molecule has 1 heterocycles. The van der Waals surface area contributed by atoms with Gasteiger partial charge in [0.1, 0.15) is 0 Å². The van der Waals surface area contributed by atoms with Crippen molar-refractivity contribution < 1.29 is 33.3 Å². The van der Waals surface area contributed by atoms with Gasteiger partial charge >= 0.3 is 6.18 Å². The van der Waals surface area contributed by atoms with Crippen molar-refractivity contribution in [3.05, 3.63) is 54.2 Å². The Balaban J connectivity index is 0.00000144. The number of alkyl halides is 3. The molecule has 17 heavy (non-hydrogen) atoms. The fraction of sp³-hybridized carbons (Fsp3) is 0.0833. The van der Waals surface area contributed by atoms with Crippen LogP contribution in [0.25, 0.3) is 11.3 Å². The molecule has 1 radical (unpaired) electrons. The van der Waals surface area contributed by atoms with Gasteiger partial charge in [-0.05, 0) is 11.8 Å². The molecule has 0 N–H and O–H groups in total. The number of rotatable bonds is 1. The van der Waals surface area contributed by atoms with E-state index in [1.807, 2.05) is 0 Å². The third-order valence-corrected chi connectivity index (χ3v) is 2.07. The normalized spacial score (nSPS) is 10.8. The monoisotopic (exact) mass is 415 g/mol. The zero-order chi connectivity index (χ0) is 11.6. The predicted molar refractivity (Wildman–Crippen MR) is 53.5 cm³/mol. The van der Waals surface area contributed by atoms with Gasteiger partial charge in [0.05, 0.1) is 0 Å². The minimum absolute atomic E-state index is 0. The van der Waals surface area contributed by atoms with E-state index in [4.69, 9.17) is 0 Å². The van der Waals surface area contributed by atoms with Gasteiger partial charge in [-0.2, -0.15) is 13.2 Å². The van der Waals surface area contributed by atoms with Gasteiger partial charge in [0.25, 0.3) is 0 Å². The van der Waals surface area contributed by atoms with Gasteiger partial charge in [-0.15, -0.1) is 35.9 Å². The average molecular weight is 414 g/mol. The largest absolute Gasteiger partial charge is 0.415 e. The first kappa shape index (κ1) is 13.9. The Morgan fingerprint density at radius 2 is 1.88 bits per heavy atom. The van der Waals surface area contributed by atoms with Crippen LogP contribution in [0.15, 0.2) is 42.6 Å². The topological polar surface area (TPSA) is 12.9 Å². The van der Waals surface area contributed by atoms with Crippen molar-refractivity contribution >= 4 is 0 Å². The molecule has 1 nitrogen and oxygen atoms in total. The standard InChI is InChI=1S/C12H7F3N.Ir/c13-12(14,15)10-6-7-16-11(8-10)9-4-2-1-3-5-9;/h1-4,6-8H;/q-1;. The molecule has 1 aromatic heterocycles. The smallest absolute Gasteiger partial charge is 0.305 e. The van der Waals surface area contributed by atoms with Crippen LogP contribution in [0.3, 0.4) is 0 Å². The van der Waals surface area contributed by atoms with Crippen LogP contribution in [-0.4, -0.2) is 4.98 Å². The van der Waals surface area contributed by atoms with Crippen molar-refractivity contribution in [2.75, 3.05) is 0 Å². The molecule has 0 spiro atoms. The van der Waals surface area contributed by atoms with Crippen LogP contribution < -0.4 is 0 Å². The maximum absolute atomic E-state index is 12.4. The van der Waals surface area contributed by atoms with Crippen LogP contribution in [0.2, 0.25) is 0 Å². The molecule has 0 bridgehead atoms. The zero-order valence-corrected chi connectivity index (χ0v) is 10.9. The van der Waals surface area contributed by atoms with Gasteiger partial charge in [0.2, 0.25) is 0 Å². The Morgan fingerprint density at radius 3 is 2.47 bits per heavy atom. The van der Waals surface area contributed by atoms with Crippen LogP contribution in [0.1, 0.15) is 5.56 Å². The Hall–Kier alpha value is -1.19. The number of nitrogens with zero attached hydrogens (tertiary/aromatic N) is 1. The number of halogens is 3. The maximum Gasteiger partial charge on any atom is 0.415 e. The summed E-state index contributed by atoms with van der Waals surface area (Å²) in [4.78, 5) is 3.89. The van der Waals surface area contributed by atoms with E-state index in [-0.39, 0.29) is 25.8 Å². The third kappa shape index (κ3) is 3.38. The molecule has 0 aliphatic rings. The maximum atomic E-state index is 12.4. The van der Waals surface area contributed by atoms with Crippen molar-refractivity contribution in [2.45, 2.75) is 6.18 Å². The summed E-state index contributed by atoms with van der Waals surface area (Å²) in [6, 6.07) is 11.6. The molecule has 0 saturated carbocycles. The van der Waals surface area contributed by atoms with Crippen molar-refractivity contribution in [3.63, 3.8) is 0 Å². The zero-order valence-electron chi connectivity index (χ0n) is 8.46. The molecule has 5 heteroatoms. The molecule has 0 aliphatic carbocycles. The molecular weight excluding hydrogens is 407 g/mol. The Labute approximate surface area is 110 Å². The molecule has 0 atom stereocenters. The fourth-order valence-corrected chi connectivity index (χ4v) is 1.31. The van der Waals surface area contributed by atoms with E-state index in [1.54, 1.807) is 24.3 Å². The molecular formula is C12H7F3IrN-. The fourth-order valence-electron chi connectivity index (χ4n) is 1.31. The molecule has 0 aliphatic heterocycles. The van der Waals surface area contributed by atoms with E-state index in [9.17, 15) is 13.2 Å². The summed E-state index contributed by atoms with van der Waals surface area (Å²) < 4.78 is 37.3. The number of benzene rings is 1. The Kier molecular flexibility index (Phi) is 4.43. The molecule has 91 valence electrons.